The van der Waals surface area contributed by atoms with Crippen molar-refractivity contribution in [2.24, 2.45) is 0 Å². The van der Waals surface area contributed by atoms with Crippen molar-refractivity contribution in [3.63, 3.8) is 0 Å². The molecule has 0 bridgehead atoms. The largest absolute Gasteiger partial charge is 0.497 e. The van der Waals surface area contributed by atoms with Gasteiger partial charge in [-0.1, -0.05) is 23.4 Å². The van der Waals surface area contributed by atoms with Crippen LogP contribution in [0, 0.1) is 0 Å². The summed E-state index contributed by atoms with van der Waals surface area (Å²) in [6, 6.07) is 4.98. The molecule has 1 aromatic carbocycles. The number of nitrogens with one attached hydrogen (secondary N) is 1. The summed E-state index contributed by atoms with van der Waals surface area (Å²) in [4.78, 5) is 30.8. The summed E-state index contributed by atoms with van der Waals surface area (Å²) in [7, 11) is 3.01. The Balaban J connectivity index is 2.02. The average Bonchev–Trinajstić information content (AvgIpc) is 2.61. The molecule has 1 amide bonds. The lowest BCUT2D eigenvalue weighted by Gasteiger charge is -2.11. The second-order valence-corrected chi connectivity index (χ2v) is 5.91. The highest BCUT2D eigenvalue weighted by atomic mass is 35.5. The minimum atomic E-state index is -1.26. The number of amides is 1. The van der Waals surface area contributed by atoms with E-state index in [2.05, 4.69) is 15.3 Å². The molecule has 2 rings (SSSR count). The van der Waals surface area contributed by atoms with Crippen LogP contribution in [0.25, 0.3) is 0 Å². The standard InChI is InChI=1S/C15H14ClN3O5S/c1-23-8-3-4-10(11(5-8)24-2)18-12(20)7-25-15-17-6-9(16)13(19-15)14(21)22/h3-6H,7H2,1-2H3,(H,18,20)(H,21,22). The number of hydrogen-bond acceptors (Lipinski definition) is 7. The van der Waals surface area contributed by atoms with Gasteiger partial charge in [0.05, 0.1) is 36.9 Å². The molecule has 2 N–H and O–H groups in total. The number of benzene rings is 1. The first-order valence-corrected chi connectivity index (χ1v) is 8.21. The van der Waals surface area contributed by atoms with Gasteiger partial charge in [0.25, 0.3) is 0 Å². The number of thioether (sulfide) groups is 1. The third kappa shape index (κ3) is 4.97. The lowest BCUT2D eigenvalue weighted by molar-refractivity contribution is -0.113. The van der Waals surface area contributed by atoms with Crippen LogP contribution in [0.5, 0.6) is 11.5 Å². The average molecular weight is 384 g/mol. The number of carboxylic acid groups (broad SMARTS) is 1. The van der Waals surface area contributed by atoms with Gasteiger partial charge in [0.2, 0.25) is 5.91 Å². The van der Waals surface area contributed by atoms with Crippen LogP contribution in [0.4, 0.5) is 5.69 Å². The first-order valence-electron chi connectivity index (χ1n) is 6.85. The molecular weight excluding hydrogens is 370 g/mol. The number of rotatable bonds is 7. The molecule has 10 heteroatoms. The number of nitrogens with zero attached hydrogens (tertiary/aromatic N) is 2. The minimum absolute atomic E-state index is 0.0180. The van der Waals surface area contributed by atoms with E-state index in [0.29, 0.717) is 17.2 Å². The zero-order chi connectivity index (χ0) is 18.4. The summed E-state index contributed by atoms with van der Waals surface area (Å²) < 4.78 is 10.3. The summed E-state index contributed by atoms with van der Waals surface area (Å²) >= 11 is 6.69. The number of halogens is 1. The van der Waals surface area contributed by atoms with Crippen molar-refractivity contribution in [2.45, 2.75) is 5.16 Å². The number of anilines is 1. The van der Waals surface area contributed by atoms with Crippen LogP contribution in [0.15, 0.2) is 29.6 Å². The number of hydrogen-bond donors (Lipinski definition) is 2. The Labute approximate surface area is 152 Å². The summed E-state index contributed by atoms with van der Waals surface area (Å²) in [5.74, 6) is -0.560. The van der Waals surface area contributed by atoms with Crippen LogP contribution in [0.2, 0.25) is 5.02 Å². The van der Waals surface area contributed by atoms with Gasteiger partial charge >= 0.3 is 5.97 Å². The number of aromatic nitrogens is 2. The van der Waals surface area contributed by atoms with Crippen molar-refractivity contribution in [1.82, 2.24) is 9.97 Å². The number of ether oxygens (including phenoxy) is 2. The van der Waals surface area contributed by atoms with Crippen molar-refractivity contribution >= 4 is 40.9 Å². The first kappa shape index (κ1) is 18.8. The number of carboxylic acids is 1. The number of carbonyl (C=O) groups is 2. The normalized spacial score (nSPS) is 10.2. The van der Waals surface area contributed by atoms with Gasteiger partial charge in [-0.05, 0) is 12.1 Å². The third-order valence-electron chi connectivity index (χ3n) is 2.94. The molecule has 1 heterocycles. The molecule has 0 aliphatic heterocycles. The van der Waals surface area contributed by atoms with E-state index in [1.54, 1.807) is 18.2 Å². The molecule has 1 aromatic heterocycles. The fourth-order valence-electron chi connectivity index (χ4n) is 1.79. The molecule has 132 valence electrons. The highest BCUT2D eigenvalue weighted by Crippen LogP contribution is 2.29. The molecule has 25 heavy (non-hydrogen) atoms. The lowest BCUT2D eigenvalue weighted by atomic mass is 10.2. The monoisotopic (exact) mass is 383 g/mol. The van der Waals surface area contributed by atoms with Gasteiger partial charge in [-0.15, -0.1) is 0 Å². The Kier molecular flexibility index (Phi) is 6.43. The van der Waals surface area contributed by atoms with Crippen LogP contribution in [-0.4, -0.2) is 46.9 Å². The molecule has 0 fully saturated rings. The van der Waals surface area contributed by atoms with Gasteiger partial charge in [-0.25, -0.2) is 14.8 Å². The summed E-state index contributed by atoms with van der Waals surface area (Å²) in [6.07, 6.45) is 1.19. The van der Waals surface area contributed by atoms with Crippen molar-refractivity contribution in [2.75, 3.05) is 25.3 Å². The number of methoxy groups -OCH3 is 2. The molecule has 0 unspecified atom stereocenters. The molecule has 0 aliphatic carbocycles. The number of aromatic carboxylic acids is 1. The Bertz CT molecular complexity index is 803. The van der Waals surface area contributed by atoms with E-state index in [1.165, 1.54) is 20.4 Å². The summed E-state index contributed by atoms with van der Waals surface area (Å²) in [5, 5.41) is 11.7. The molecule has 0 radical (unpaired) electrons. The van der Waals surface area contributed by atoms with Gasteiger partial charge in [-0.3, -0.25) is 4.79 Å². The maximum Gasteiger partial charge on any atom is 0.356 e. The van der Waals surface area contributed by atoms with Gasteiger partial charge < -0.3 is 19.9 Å². The van der Waals surface area contributed by atoms with Crippen molar-refractivity contribution < 1.29 is 24.2 Å². The number of carbonyl (C=O) groups excluding carboxylic acids is 1. The second-order valence-electron chi connectivity index (χ2n) is 4.56. The fraction of sp³-hybridized carbons (Fsp3) is 0.200. The zero-order valence-electron chi connectivity index (χ0n) is 13.3. The van der Waals surface area contributed by atoms with E-state index in [4.69, 9.17) is 26.2 Å². The predicted octanol–water partition coefficient (Wildman–Crippen LogP) is 2.58. The minimum Gasteiger partial charge on any atom is -0.497 e. The van der Waals surface area contributed by atoms with Crippen LogP contribution >= 0.6 is 23.4 Å². The fourth-order valence-corrected chi connectivity index (χ4v) is 2.58. The molecule has 2 aromatic rings. The highest BCUT2D eigenvalue weighted by Gasteiger charge is 2.14. The predicted molar refractivity (Wildman–Crippen MR) is 92.9 cm³/mol. The SMILES string of the molecule is COc1ccc(NC(=O)CSc2ncc(Cl)c(C(=O)O)n2)c(OC)c1. The van der Waals surface area contributed by atoms with E-state index in [0.717, 1.165) is 11.8 Å². The Hall–Kier alpha value is -2.52. The quantitative estimate of drug-likeness (QED) is 0.554. The van der Waals surface area contributed by atoms with Crippen molar-refractivity contribution in [3.8, 4) is 11.5 Å². The van der Waals surface area contributed by atoms with Crippen LogP contribution in [-0.2, 0) is 4.79 Å². The van der Waals surface area contributed by atoms with Gasteiger partial charge in [-0.2, -0.15) is 0 Å². The maximum absolute atomic E-state index is 12.1. The highest BCUT2D eigenvalue weighted by molar-refractivity contribution is 7.99. The molecular formula is C15H14ClN3O5S. The van der Waals surface area contributed by atoms with Crippen LogP contribution in [0.1, 0.15) is 10.5 Å². The second kappa shape index (κ2) is 8.54. The van der Waals surface area contributed by atoms with Crippen molar-refractivity contribution in [3.05, 3.63) is 35.1 Å². The molecule has 0 aliphatic rings. The van der Waals surface area contributed by atoms with Crippen molar-refractivity contribution in [1.29, 1.82) is 0 Å². The van der Waals surface area contributed by atoms with E-state index in [1.807, 2.05) is 0 Å². The molecule has 0 spiro atoms. The van der Waals surface area contributed by atoms with Crippen LogP contribution < -0.4 is 14.8 Å². The smallest absolute Gasteiger partial charge is 0.356 e. The molecule has 0 saturated carbocycles. The van der Waals surface area contributed by atoms with Crippen LogP contribution in [0.3, 0.4) is 0 Å². The Morgan fingerprint density at radius 2 is 2.08 bits per heavy atom. The lowest BCUT2D eigenvalue weighted by Crippen LogP contribution is -2.15. The maximum atomic E-state index is 12.1. The first-order chi connectivity index (χ1) is 11.9. The van der Waals surface area contributed by atoms with E-state index < -0.39 is 5.97 Å². The summed E-state index contributed by atoms with van der Waals surface area (Å²) in [6.45, 7) is 0. The van der Waals surface area contributed by atoms with Gasteiger partial charge in [0, 0.05) is 6.07 Å². The van der Waals surface area contributed by atoms with E-state index in [-0.39, 0.29) is 27.5 Å². The molecule has 0 atom stereocenters. The Morgan fingerprint density at radius 3 is 2.72 bits per heavy atom. The van der Waals surface area contributed by atoms with Gasteiger partial charge in [0.1, 0.15) is 11.5 Å². The summed E-state index contributed by atoms with van der Waals surface area (Å²) in [5.41, 5.74) is 0.175. The third-order valence-corrected chi connectivity index (χ3v) is 4.08. The molecule has 0 saturated heterocycles. The topological polar surface area (TPSA) is 111 Å². The Morgan fingerprint density at radius 1 is 1.32 bits per heavy atom. The zero-order valence-corrected chi connectivity index (χ0v) is 14.8. The van der Waals surface area contributed by atoms with Gasteiger partial charge in [0.15, 0.2) is 10.9 Å². The molecule has 8 nitrogen and oxygen atoms in total. The van der Waals surface area contributed by atoms with E-state index >= 15 is 0 Å². The van der Waals surface area contributed by atoms with E-state index in [9.17, 15) is 9.59 Å².